The molecule has 4 rings (SSSR count). The maximum absolute atomic E-state index is 13.1. The summed E-state index contributed by atoms with van der Waals surface area (Å²) in [5, 5.41) is 7.58. The highest BCUT2D eigenvalue weighted by Gasteiger charge is 2.28. The summed E-state index contributed by atoms with van der Waals surface area (Å²) in [4.78, 5) is 15.0. The summed E-state index contributed by atoms with van der Waals surface area (Å²) in [6, 6.07) is 17.0. The summed E-state index contributed by atoms with van der Waals surface area (Å²) in [6.45, 7) is 1.59. The number of hydrogen-bond acceptors (Lipinski definition) is 5. The van der Waals surface area contributed by atoms with Gasteiger partial charge in [-0.25, -0.2) is 0 Å². The van der Waals surface area contributed by atoms with Crippen LogP contribution in [0.3, 0.4) is 0 Å². The number of ether oxygens (including phenoxy) is 1. The van der Waals surface area contributed by atoms with Gasteiger partial charge in [0.25, 0.3) is 5.91 Å². The van der Waals surface area contributed by atoms with Crippen molar-refractivity contribution in [2.75, 3.05) is 13.1 Å². The molecule has 1 amide bonds. The molecule has 1 unspecified atom stereocenters. The first-order valence-corrected chi connectivity index (χ1v) is 9.18. The quantitative estimate of drug-likeness (QED) is 0.688. The van der Waals surface area contributed by atoms with Gasteiger partial charge in [0.05, 0.1) is 0 Å². The van der Waals surface area contributed by atoms with Gasteiger partial charge in [-0.05, 0) is 43.5 Å². The molecule has 0 aliphatic carbocycles. The minimum atomic E-state index is -0.654. The second-order valence-corrected chi connectivity index (χ2v) is 6.56. The predicted molar refractivity (Wildman–Crippen MR) is 100.0 cm³/mol. The lowest BCUT2D eigenvalue weighted by Gasteiger charge is -2.30. The van der Waals surface area contributed by atoms with Crippen molar-refractivity contribution in [3.05, 3.63) is 66.6 Å². The number of benzene rings is 2. The van der Waals surface area contributed by atoms with Crippen molar-refractivity contribution in [1.29, 1.82) is 0 Å². The first-order chi connectivity index (χ1) is 13.3. The Labute approximate surface area is 157 Å². The van der Waals surface area contributed by atoms with Gasteiger partial charge in [0.15, 0.2) is 0 Å². The molecule has 0 bridgehead atoms. The molecule has 138 valence electrons. The van der Waals surface area contributed by atoms with E-state index in [4.69, 9.17) is 9.15 Å². The van der Waals surface area contributed by atoms with Crippen LogP contribution < -0.4 is 4.74 Å². The number of carbonyl (C=O) groups excluding carboxylic acids is 1. The number of hydrogen-bond donors (Lipinski definition) is 0. The van der Waals surface area contributed by atoms with Gasteiger partial charge in [0, 0.05) is 24.2 Å². The van der Waals surface area contributed by atoms with Crippen molar-refractivity contribution < 1.29 is 13.9 Å². The van der Waals surface area contributed by atoms with Crippen molar-refractivity contribution in [2.45, 2.75) is 25.4 Å². The first-order valence-electron chi connectivity index (χ1n) is 9.18. The molecule has 3 aromatic rings. The number of amides is 1. The average molecular weight is 363 g/mol. The van der Waals surface area contributed by atoms with Crippen LogP contribution in [0.15, 0.2) is 65.4 Å². The van der Waals surface area contributed by atoms with E-state index in [0.29, 0.717) is 11.6 Å². The van der Waals surface area contributed by atoms with Crippen molar-refractivity contribution in [3.63, 3.8) is 0 Å². The molecule has 1 aromatic heterocycles. The summed E-state index contributed by atoms with van der Waals surface area (Å²) in [5.74, 6) is 1.09. The molecule has 0 N–H and O–H groups in total. The fourth-order valence-corrected chi connectivity index (χ4v) is 3.28. The van der Waals surface area contributed by atoms with E-state index in [1.807, 2.05) is 59.5 Å². The summed E-state index contributed by atoms with van der Waals surface area (Å²) >= 11 is 0. The van der Waals surface area contributed by atoms with Crippen LogP contribution in [0.5, 0.6) is 5.75 Å². The van der Waals surface area contributed by atoms with E-state index < -0.39 is 6.10 Å². The normalized spacial score (nSPS) is 15.3. The lowest BCUT2D eigenvalue weighted by molar-refractivity contribution is -0.140. The number of rotatable bonds is 5. The maximum Gasteiger partial charge on any atom is 0.268 e. The van der Waals surface area contributed by atoms with Gasteiger partial charge in [0.2, 0.25) is 18.4 Å². The van der Waals surface area contributed by atoms with E-state index in [9.17, 15) is 4.79 Å². The van der Waals surface area contributed by atoms with E-state index in [2.05, 4.69) is 10.2 Å². The lowest BCUT2D eigenvalue weighted by atomic mass is 10.1. The van der Waals surface area contributed by atoms with Gasteiger partial charge in [-0.1, -0.05) is 30.3 Å². The van der Waals surface area contributed by atoms with Crippen LogP contribution in [-0.4, -0.2) is 34.1 Å². The van der Waals surface area contributed by atoms with E-state index in [1.54, 1.807) is 0 Å². The summed E-state index contributed by atoms with van der Waals surface area (Å²) < 4.78 is 11.3. The molecule has 2 heterocycles. The molecule has 27 heavy (non-hydrogen) atoms. The second-order valence-electron chi connectivity index (χ2n) is 6.56. The van der Waals surface area contributed by atoms with E-state index in [0.717, 1.165) is 37.1 Å². The Balaban J connectivity index is 1.56. The van der Waals surface area contributed by atoms with Crippen LogP contribution >= 0.6 is 0 Å². The molecule has 0 saturated carbocycles. The molecule has 0 spiro atoms. The second kappa shape index (κ2) is 8.03. The smallest absolute Gasteiger partial charge is 0.268 e. The van der Waals surface area contributed by atoms with E-state index in [1.165, 1.54) is 12.8 Å². The molecule has 2 aromatic carbocycles. The van der Waals surface area contributed by atoms with E-state index in [-0.39, 0.29) is 5.91 Å². The van der Waals surface area contributed by atoms with Crippen LogP contribution in [-0.2, 0) is 4.79 Å². The summed E-state index contributed by atoms with van der Waals surface area (Å²) in [5.41, 5.74) is 1.66. The molecule has 1 atom stereocenters. The Bertz CT molecular complexity index is 857. The minimum absolute atomic E-state index is 0.0156. The van der Waals surface area contributed by atoms with Crippen LogP contribution in [0.1, 0.15) is 30.9 Å². The largest absolute Gasteiger partial charge is 0.476 e. The third-order valence-electron chi connectivity index (χ3n) is 4.71. The van der Waals surface area contributed by atoms with Crippen LogP contribution in [0.4, 0.5) is 0 Å². The van der Waals surface area contributed by atoms with Crippen LogP contribution in [0.2, 0.25) is 0 Å². The Kier molecular flexibility index (Phi) is 5.14. The third kappa shape index (κ3) is 4.00. The van der Waals surface area contributed by atoms with Crippen LogP contribution in [0, 0.1) is 0 Å². The van der Waals surface area contributed by atoms with Crippen LogP contribution in [0.25, 0.3) is 11.5 Å². The number of piperidine rings is 1. The molecule has 6 nitrogen and oxygen atoms in total. The Morgan fingerprint density at radius 3 is 2.41 bits per heavy atom. The molecular formula is C21H21N3O3. The van der Waals surface area contributed by atoms with Crippen molar-refractivity contribution >= 4 is 5.91 Å². The average Bonchev–Trinajstić information content (AvgIpc) is 3.28. The van der Waals surface area contributed by atoms with E-state index >= 15 is 0 Å². The SMILES string of the molecule is O=C(C(Oc1ccc(-c2nnco2)cc1)c1ccccc1)N1CCCCC1. The molecule has 1 fully saturated rings. The number of carbonyl (C=O) groups is 1. The van der Waals surface area contributed by atoms with Gasteiger partial charge in [0.1, 0.15) is 5.75 Å². The zero-order valence-electron chi connectivity index (χ0n) is 15.0. The van der Waals surface area contributed by atoms with Crippen molar-refractivity contribution in [1.82, 2.24) is 15.1 Å². The zero-order chi connectivity index (χ0) is 18.5. The number of aromatic nitrogens is 2. The highest BCUT2D eigenvalue weighted by molar-refractivity contribution is 5.82. The molecular weight excluding hydrogens is 342 g/mol. The summed E-state index contributed by atoms with van der Waals surface area (Å²) in [6.07, 6.45) is 3.91. The fraction of sp³-hybridized carbons (Fsp3) is 0.286. The van der Waals surface area contributed by atoms with Gasteiger partial charge < -0.3 is 14.1 Å². The maximum atomic E-state index is 13.1. The molecule has 0 radical (unpaired) electrons. The standard InChI is InChI=1S/C21H21N3O3/c25-21(24-13-5-2-6-14-24)19(16-7-3-1-4-8-16)27-18-11-9-17(10-12-18)20-23-22-15-26-20/h1,3-4,7-12,15,19H,2,5-6,13-14H2. The Hall–Kier alpha value is -3.15. The Morgan fingerprint density at radius 2 is 1.74 bits per heavy atom. The zero-order valence-corrected chi connectivity index (χ0v) is 15.0. The van der Waals surface area contributed by atoms with Gasteiger partial charge in [-0.15, -0.1) is 10.2 Å². The molecule has 1 aliphatic rings. The molecule has 1 saturated heterocycles. The van der Waals surface area contributed by atoms with Crippen molar-refractivity contribution in [3.8, 4) is 17.2 Å². The monoisotopic (exact) mass is 363 g/mol. The van der Waals surface area contributed by atoms with Gasteiger partial charge in [-0.2, -0.15) is 0 Å². The predicted octanol–water partition coefficient (Wildman–Crippen LogP) is 3.87. The Morgan fingerprint density at radius 1 is 1.00 bits per heavy atom. The minimum Gasteiger partial charge on any atom is -0.476 e. The number of likely N-dealkylation sites (tertiary alicyclic amines) is 1. The lowest BCUT2D eigenvalue weighted by Crippen LogP contribution is -2.40. The first kappa shape index (κ1) is 17.3. The number of nitrogens with zero attached hydrogens (tertiary/aromatic N) is 3. The highest BCUT2D eigenvalue weighted by Crippen LogP contribution is 2.27. The van der Waals surface area contributed by atoms with Crippen molar-refractivity contribution in [2.24, 2.45) is 0 Å². The third-order valence-corrected chi connectivity index (χ3v) is 4.71. The highest BCUT2D eigenvalue weighted by atomic mass is 16.5. The fourth-order valence-electron chi connectivity index (χ4n) is 3.28. The molecule has 1 aliphatic heterocycles. The summed E-state index contributed by atoms with van der Waals surface area (Å²) in [7, 11) is 0. The van der Waals surface area contributed by atoms with Gasteiger partial charge >= 0.3 is 0 Å². The topological polar surface area (TPSA) is 68.5 Å². The molecule has 6 heteroatoms. The van der Waals surface area contributed by atoms with Gasteiger partial charge in [-0.3, -0.25) is 4.79 Å².